The number of carbonyl (C=O) groups is 2. The van der Waals surface area contributed by atoms with Crippen LogP contribution in [0.1, 0.15) is 95.9 Å². The lowest BCUT2D eigenvalue weighted by Crippen LogP contribution is -2.35. The summed E-state index contributed by atoms with van der Waals surface area (Å²) in [5.74, 6) is 11.3. The third kappa shape index (κ3) is 12.6. The number of rotatable bonds is 8. The molecule has 12 rings (SSSR count). The van der Waals surface area contributed by atoms with Crippen LogP contribution in [-0.2, 0) is 57.0 Å². The summed E-state index contributed by atoms with van der Waals surface area (Å²) in [6.45, 7) is 4.59. The summed E-state index contributed by atoms with van der Waals surface area (Å²) in [5, 5.41) is 17.0. The summed E-state index contributed by atoms with van der Waals surface area (Å²) >= 11 is 0. The molecule has 0 aromatic heterocycles. The molecule has 0 aromatic carbocycles. The third-order valence-corrected chi connectivity index (χ3v) is 15.5. The molecular formula is C50H88O14. The van der Waals surface area contributed by atoms with Crippen LogP contribution in [0, 0.1) is 82.9 Å². The Morgan fingerprint density at radius 3 is 1.38 bits per heavy atom. The molecule has 4 aliphatic heterocycles. The number of aliphatic hydroxyl groups is 2. The lowest BCUT2D eigenvalue weighted by Gasteiger charge is -2.36. The average molecular weight is 913 g/mol. The zero-order valence-electron chi connectivity index (χ0n) is 33.6. The van der Waals surface area contributed by atoms with Gasteiger partial charge in [-0.05, 0) is 121 Å². The quantitative estimate of drug-likeness (QED) is 0.142. The molecule has 64 heavy (non-hydrogen) atoms. The van der Waals surface area contributed by atoms with E-state index in [4.69, 9.17) is 57.6 Å². The summed E-state index contributed by atoms with van der Waals surface area (Å²) in [6.07, 6.45) is 18.3. The van der Waals surface area contributed by atoms with Crippen molar-refractivity contribution in [2.75, 3.05) is 80.0 Å². The number of carbonyl (C=O) groups excluding carboxylic acids is 2. The molecule has 0 aromatic rings. The van der Waals surface area contributed by atoms with E-state index in [1.165, 1.54) is 38.5 Å². The molecule has 6 saturated carbocycles. The van der Waals surface area contributed by atoms with Crippen LogP contribution in [0.4, 0.5) is 0 Å². The standard InChI is InChI=1S/2C18H24O4.2C4H8O3.6CH4/c19-16(21-8-14-7-20-9-22-14)6-12-4-13-5-15(12)18-11-2-1-10(3-11)17(13)18;19-16(22-14-7-20-9-21-8-14)6-12-4-13-5-15(12)18-11-2-1-10(3-11)17(13)18;5-4-1-6-3-7-2-4;5-1-4-2-6-3-7-4;;;;;;/h2*1-2,10-15,17-18H,3-9H2;2*4-5H,1-3H2;6*1H4. The Kier molecular flexibility index (Phi) is 22.9. The minimum Gasteiger partial charge on any atom is -0.463 e. The van der Waals surface area contributed by atoms with E-state index in [0.717, 1.165) is 71.0 Å². The van der Waals surface area contributed by atoms with E-state index in [0.29, 0.717) is 98.1 Å². The Morgan fingerprint density at radius 2 is 0.953 bits per heavy atom. The van der Waals surface area contributed by atoms with Gasteiger partial charge in [0, 0.05) is 12.8 Å². The predicted octanol–water partition coefficient (Wildman–Crippen LogP) is 7.29. The van der Waals surface area contributed by atoms with Gasteiger partial charge < -0.3 is 57.6 Å². The fourth-order valence-electron chi connectivity index (χ4n) is 13.6. The number of aliphatic hydroxyl groups excluding tert-OH is 2. The van der Waals surface area contributed by atoms with Gasteiger partial charge >= 0.3 is 11.9 Å². The van der Waals surface area contributed by atoms with Gasteiger partial charge in [0.1, 0.15) is 58.2 Å². The molecule has 0 radical (unpaired) electrons. The number of allylic oxidation sites excluding steroid dienone is 4. The number of esters is 2. The fraction of sp³-hybridized carbons (Fsp3) is 0.880. The molecule has 4 saturated heterocycles. The van der Waals surface area contributed by atoms with Crippen LogP contribution in [0.2, 0.25) is 0 Å². The van der Waals surface area contributed by atoms with Crippen molar-refractivity contribution in [1.82, 2.24) is 0 Å². The van der Waals surface area contributed by atoms with Gasteiger partial charge in [-0.2, -0.15) is 0 Å². The van der Waals surface area contributed by atoms with Gasteiger partial charge in [-0.15, -0.1) is 0 Å². The SMILES string of the molecule is C.C.C.C.C.C.O=C(CC1CC2CC1C1C3C=CC(C3)C21)OC1COCOC1.O=C(CC1CC2CC1C1C3C=CC(C3)C21)OCC1COCO1.OC1COCOC1.OCC1COCO1. The minimum absolute atomic E-state index is 0. The zero-order valence-corrected chi connectivity index (χ0v) is 33.6. The molecule has 14 heteroatoms. The van der Waals surface area contributed by atoms with Gasteiger partial charge in [0.15, 0.2) is 0 Å². The molecule has 16 atom stereocenters. The van der Waals surface area contributed by atoms with E-state index in [1.807, 2.05) is 0 Å². The van der Waals surface area contributed by atoms with Crippen LogP contribution in [0.3, 0.4) is 0 Å². The first-order chi connectivity index (χ1) is 28.4. The predicted molar refractivity (Wildman–Crippen MR) is 243 cm³/mol. The second-order valence-corrected chi connectivity index (χ2v) is 18.8. The van der Waals surface area contributed by atoms with E-state index in [-0.39, 0.29) is 81.4 Å². The maximum absolute atomic E-state index is 12.2. The van der Waals surface area contributed by atoms with E-state index in [1.54, 1.807) is 0 Å². The van der Waals surface area contributed by atoms with E-state index in [2.05, 4.69) is 24.3 Å². The first-order valence-electron chi connectivity index (χ1n) is 22.1. The maximum Gasteiger partial charge on any atom is 0.306 e. The first kappa shape index (κ1) is 56.3. The summed E-state index contributed by atoms with van der Waals surface area (Å²) < 4.78 is 50.8. The molecular weight excluding hydrogens is 825 g/mol. The largest absolute Gasteiger partial charge is 0.463 e. The van der Waals surface area contributed by atoms with Crippen molar-refractivity contribution in [2.45, 2.75) is 120 Å². The molecule has 16 unspecified atom stereocenters. The second kappa shape index (κ2) is 26.0. The van der Waals surface area contributed by atoms with Crippen LogP contribution >= 0.6 is 0 Å². The molecule has 8 aliphatic carbocycles. The smallest absolute Gasteiger partial charge is 0.306 e. The molecule has 0 spiro atoms. The van der Waals surface area contributed by atoms with Crippen LogP contribution in [-0.4, -0.2) is 127 Å². The number of fused-ring (bicyclic) bond motifs is 18. The Hall–Kier alpha value is -1.98. The van der Waals surface area contributed by atoms with E-state index >= 15 is 0 Å². The number of ether oxygens (including phenoxy) is 10. The summed E-state index contributed by atoms with van der Waals surface area (Å²) in [5.41, 5.74) is 0. The first-order valence-corrected chi connectivity index (χ1v) is 22.1. The number of hydrogen-bond donors (Lipinski definition) is 2. The maximum atomic E-state index is 12.2. The molecule has 0 amide bonds. The van der Waals surface area contributed by atoms with Gasteiger partial charge in [-0.3, -0.25) is 9.59 Å². The van der Waals surface area contributed by atoms with Crippen molar-refractivity contribution < 1.29 is 67.2 Å². The highest BCUT2D eigenvalue weighted by Crippen LogP contribution is 2.68. The van der Waals surface area contributed by atoms with Crippen LogP contribution in [0.15, 0.2) is 24.3 Å². The topological polar surface area (TPSA) is 167 Å². The lowest BCUT2D eigenvalue weighted by atomic mass is 9.69. The van der Waals surface area contributed by atoms with Crippen molar-refractivity contribution >= 4 is 11.9 Å². The monoisotopic (exact) mass is 913 g/mol. The van der Waals surface area contributed by atoms with Gasteiger partial charge in [-0.25, -0.2) is 0 Å². The third-order valence-electron chi connectivity index (χ3n) is 15.5. The van der Waals surface area contributed by atoms with Crippen molar-refractivity contribution in [1.29, 1.82) is 0 Å². The van der Waals surface area contributed by atoms with Crippen molar-refractivity contribution in [3.63, 3.8) is 0 Å². The second-order valence-electron chi connectivity index (χ2n) is 18.8. The Labute approximate surface area is 385 Å². The van der Waals surface area contributed by atoms with Crippen molar-refractivity contribution in [2.24, 2.45) is 82.9 Å². The van der Waals surface area contributed by atoms with Gasteiger partial charge in [0.25, 0.3) is 0 Å². The molecule has 12 aliphatic rings. The summed E-state index contributed by atoms with van der Waals surface area (Å²) in [4.78, 5) is 24.4. The summed E-state index contributed by atoms with van der Waals surface area (Å²) in [6, 6.07) is 0. The summed E-state index contributed by atoms with van der Waals surface area (Å²) in [7, 11) is 0. The van der Waals surface area contributed by atoms with Crippen LogP contribution in [0.25, 0.3) is 0 Å². The Bertz CT molecular complexity index is 1430. The highest BCUT2D eigenvalue weighted by atomic mass is 16.7. The minimum atomic E-state index is -0.409. The normalized spacial score (nSPS) is 40.4. The fourth-order valence-corrected chi connectivity index (χ4v) is 13.6. The van der Waals surface area contributed by atoms with E-state index < -0.39 is 6.10 Å². The molecule has 4 heterocycles. The molecule has 8 bridgehead atoms. The van der Waals surface area contributed by atoms with Crippen LogP contribution in [0.5, 0.6) is 0 Å². The van der Waals surface area contributed by atoms with E-state index in [9.17, 15) is 9.59 Å². The van der Waals surface area contributed by atoms with Crippen LogP contribution < -0.4 is 0 Å². The zero-order chi connectivity index (χ0) is 39.6. The van der Waals surface area contributed by atoms with Gasteiger partial charge in [0.05, 0.1) is 46.2 Å². The number of hydrogen-bond acceptors (Lipinski definition) is 14. The lowest BCUT2D eigenvalue weighted by molar-refractivity contribution is -0.184. The molecule has 14 nitrogen and oxygen atoms in total. The van der Waals surface area contributed by atoms with Crippen molar-refractivity contribution in [3.8, 4) is 0 Å². The van der Waals surface area contributed by atoms with Crippen molar-refractivity contribution in [3.05, 3.63) is 24.3 Å². The van der Waals surface area contributed by atoms with Gasteiger partial charge in [0.2, 0.25) is 0 Å². The molecule has 372 valence electrons. The Morgan fingerprint density at radius 1 is 0.516 bits per heavy atom. The van der Waals surface area contributed by atoms with Gasteiger partial charge in [-0.1, -0.05) is 68.9 Å². The highest BCUT2D eigenvalue weighted by Gasteiger charge is 2.62. The highest BCUT2D eigenvalue weighted by molar-refractivity contribution is 5.70. The molecule has 10 fully saturated rings. The molecule has 2 N–H and O–H groups in total. The Balaban J connectivity index is 0.000000245. The average Bonchev–Trinajstić information content (AvgIpc) is 4.08.